The second kappa shape index (κ2) is 5.25. The fraction of sp³-hybridized carbons (Fsp3) is 0.364. The highest BCUT2D eigenvalue weighted by Crippen LogP contribution is 2.28. The Morgan fingerprint density at radius 2 is 2.11 bits per heavy atom. The molecule has 0 aliphatic rings. The summed E-state index contributed by atoms with van der Waals surface area (Å²) in [5.41, 5.74) is -0.973. The van der Waals surface area contributed by atoms with Crippen molar-refractivity contribution in [3.8, 4) is 0 Å². The molecule has 0 aromatic carbocycles. The van der Waals surface area contributed by atoms with Crippen LogP contribution in [0.3, 0.4) is 0 Å². The number of imidazole rings is 1. The van der Waals surface area contributed by atoms with Gasteiger partial charge in [-0.25, -0.2) is 15.0 Å². The summed E-state index contributed by atoms with van der Waals surface area (Å²) in [6.45, 7) is 1.88. The van der Waals surface area contributed by atoms with Crippen molar-refractivity contribution in [2.75, 3.05) is 5.32 Å². The van der Waals surface area contributed by atoms with Gasteiger partial charge in [-0.15, -0.1) is 0 Å². The molecule has 0 radical (unpaired) electrons. The predicted molar refractivity (Wildman–Crippen MR) is 62.3 cm³/mol. The SMILES string of the molecule is CCC(Nc1nccc(C(F)(F)F)n1)c1ncc[nH]1. The van der Waals surface area contributed by atoms with E-state index in [1.807, 2.05) is 6.92 Å². The summed E-state index contributed by atoms with van der Waals surface area (Å²) in [4.78, 5) is 14.2. The molecule has 1 unspecified atom stereocenters. The Balaban J connectivity index is 2.19. The lowest BCUT2D eigenvalue weighted by Crippen LogP contribution is -2.16. The first-order chi connectivity index (χ1) is 9.00. The molecule has 2 N–H and O–H groups in total. The third kappa shape index (κ3) is 3.21. The van der Waals surface area contributed by atoms with Gasteiger partial charge in [0.2, 0.25) is 5.95 Å². The van der Waals surface area contributed by atoms with Crippen molar-refractivity contribution in [1.29, 1.82) is 0 Å². The molecule has 2 aromatic heterocycles. The van der Waals surface area contributed by atoms with Gasteiger partial charge in [0.1, 0.15) is 11.5 Å². The van der Waals surface area contributed by atoms with E-state index in [0.29, 0.717) is 12.2 Å². The van der Waals surface area contributed by atoms with Crippen molar-refractivity contribution in [3.05, 3.63) is 36.2 Å². The Labute approximate surface area is 107 Å². The zero-order chi connectivity index (χ0) is 13.9. The molecular weight excluding hydrogens is 259 g/mol. The first-order valence-corrected chi connectivity index (χ1v) is 5.66. The summed E-state index contributed by atoms with van der Waals surface area (Å²) in [5.74, 6) is 0.557. The van der Waals surface area contributed by atoms with Crippen molar-refractivity contribution in [2.24, 2.45) is 0 Å². The van der Waals surface area contributed by atoms with Gasteiger partial charge in [0.25, 0.3) is 0 Å². The fourth-order valence-electron chi connectivity index (χ4n) is 1.57. The van der Waals surface area contributed by atoms with E-state index in [-0.39, 0.29) is 12.0 Å². The fourth-order valence-corrected chi connectivity index (χ4v) is 1.57. The van der Waals surface area contributed by atoms with E-state index in [1.165, 1.54) is 0 Å². The highest BCUT2D eigenvalue weighted by Gasteiger charge is 2.33. The average Bonchev–Trinajstić information content (AvgIpc) is 2.89. The van der Waals surface area contributed by atoms with Gasteiger partial charge in [-0.05, 0) is 12.5 Å². The zero-order valence-corrected chi connectivity index (χ0v) is 10.1. The average molecular weight is 271 g/mol. The number of hydrogen-bond donors (Lipinski definition) is 2. The van der Waals surface area contributed by atoms with E-state index in [0.717, 1.165) is 12.3 Å². The zero-order valence-electron chi connectivity index (χ0n) is 10.1. The van der Waals surface area contributed by atoms with E-state index in [4.69, 9.17) is 0 Å². The number of rotatable bonds is 4. The molecule has 5 nitrogen and oxygen atoms in total. The maximum atomic E-state index is 12.5. The summed E-state index contributed by atoms with van der Waals surface area (Å²) >= 11 is 0. The molecule has 19 heavy (non-hydrogen) atoms. The smallest absolute Gasteiger partial charge is 0.347 e. The van der Waals surface area contributed by atoms with Gasteiger partial charge in [0.15, 0.2) is 0 Å². The number of hydrogen-bond acceptors (Lipinski definition) is 4. The first kappa shape index (κ1) is 13.3. The van der Waals surface area contributed by atoms with E-state index in [9.17, 15) is 13.2 Å². The molecule has 2 rings (SSSR count). The Hall–Kier alpha value is -2.12. The predicted octanol–water partition coefficient (Wildman–Crippen LogP) is 2.78. The normalized spacial score (nSPS) is 13.3. The third-order valence-corrected chi connectivity index (χ3v) is 2.51. The van der Waals surface area contributed by atoms with Gasteiger partial charge in [-0.1, -0.05) is 6.92 Å². The molecule has 0 aliphatic heterocycles. The Morgan fingerprint density at radius 3 is 2.68 bits per heavy atom. The second-order valence-corrected chi connectivity index (χ2v) is 3.84. The largest absolute Gasteiger partial charge is 0.433 e. The van der Waals surface area contributed by atoms with Crippen LogP contribution >= 0.6 is 0 Å². The molecule has 102 valence electrons. The van der Waals surface area contributed by atoms with Crippen LogP contribution in [0.25, 0.3) is 0 Å². The van der Waals surface area contributed by atoms with Crippen LogP contribution in [-0.4, -0.2) is 19.9 Å². The molecule has 2 aromatic rings. The Morgan fingerprint density at radius 1 is 1.32 bits per heavy atom. The van der Waals surface area contributed by atoms with Crippen molar-refractivity contribution in [3.63, 3.8) is 0 Å². The van der Waals surface area contributed by atoms with Crippen molar-refractivity contribution in [2.45, 2.75) is 25.6 Å². The summed E-state index contributed by atoms with van der Waals surface area (Å²) in [7, 11) is 0. The minimum atomic E-state index is -4.48. The van der Waals surface area contributed by atoms with Gasteiger partial charge < -0.3 is 10.3 Å². The highest BCUT2D eigenvalue weighted by atomic mass is 19.4. The van der Waals surface area contributed by atoms with Crippen molar-refractivity contribution >= 4 is 5.95 Å². The lowest BCUT2D eigenvalue weighted by Gasteiger charge is -2.15. The van der Waals surface area contributed by atoms with Crippen LogP contribution < -0.4 is 5.32 Å². The lowest BCUT2D eigenvalue weighted by atomic mass is 10.2. The summed E-state index contributed by atoms with van der Waals surface area (Å²) < 4.78 is 37.6. The standard InChI is InChI=1S/C11H12F3N5/c1-2-7(9-15-5-6-16-9)18-10-17-4-3-8(19-10)11(12,13)14/h3-7H,2H2,1H3,(H,15,16)(H,17,18,19). The van der Waals surface area contributed by atoms with Gasteiger partial charge in [0.05, 0.1) is 6.04 Å². The second-order valence-electron chi connectivity index (χ2n) is 3.84. The molecule has 0 saturated heterocycles. The van der Waals surface area contributed by atoms with Crippen LogP contribution in [0.15, 0.2) is 24.7 Å². The number of halogens is 3. The van der Waals surface area contributed by atoms with E-state index in [2.05, 4.69) is 25.3 Å². The molecule has 1 atom stereocenters. The van der Waals surface area contributed by atoms with Gasteiger partial charge in [-0.3, -0.25) is 0 Å². The highest BCUT2D eigenvalue weighted by molar-refractivity contribution is 5.29. The maximum Gasteiger partial charge on any atom is 0.433 e. The number of nitrogens with one attached hydrogen (secondary N) is 2. The number of nitrogens with zero attached hydrogens (tertiary/aromatic N) is 3. The Bertz CT molecular complexity index is 523. The number of H-pyrrole nitrogens is 1. The van der Waals surface area contributed by atoms with Gasteiger partial charge in [0, 0.05) is 18.6 Å². The molecule has 0 amide bonds. The molecule has 8 heteroatoms. The van der Waals surface area contributed by atoms with Crippen LogP contribution in [0.5, 0.6) is 0 Å². The van der Waals surface area contributed by atoms with Crippen LogP contribution in [0.2, 0.25) is 0 Å². The number of aromatic amines is 1. The molecular formula is C11H12F3N5. The van der Waals surface area contributed by atoms with E-state index >= 15 is 0 Å². The molecule has 0 fully saturated rings. The molecule has 0 aliphatic carbocycles. The number of anilines is 1. The van der Waals surface area contributed by atoms with Crippen molar-refractivity contribution in [1.82, 2.24) is 19.9 Å². The first-order valence-electron chi connectivity index (χ1n) is 5.66. The molecule has 2 heterocycles. The minimum absolute atomic E-state index is 0.0712. The number of aromatic nitrogens is 4. The quantitative estimate of drug-likeness (QED) is 0.897. The van der Waals surface area contributed by atoms with E-state index < -0.39 is 11.9 Å². The maximum absolute atomic E-state index is 12.5. The third-order valence-electron chi connectivity index (χ3n) is 2.51. The minimum Gasteiger partial charge on any atom is -0.347 e. The topological polar surface area (TPSA) is 66.5 Å². The van der Waals surface area contributed by atoms with Crippen LogP contribution in [-0.2, 0) is 6.18 Å². The van der Waals surface area contributed by atoms with Gasteiger partial charge in [-0.2, -0.15) is 13.2 Å². The van der Waals surface area contributed by atoms with Crippen LogP contribution in [0, 0.1) is 0 Å². The Kier molecular flexibility index (Phi) is 3.68. The van der Waals surface area contributed by atoms with E-state index in [1.54, 1.807) is 12.4 Å². The number of alkyl halides is 3. The van der Waals surface area contributed by atoms with Crippen LogP contribution in [0.1, 0.15) is 30.9 Å². The van der Waals surface area contributed by atoms with Crippen LogP contribution in [0.4, 0.5) is 19.1 Å². The molecule has 0 spiro atoms. The summed E-state index contributed by atoms with van der Waals surface area (Å²) in [6.07, 6.45) is 0.450. The summed E-state index contributed by atoms with van der Waals surface area (Å²) in [5, 5.41) is 2.83. The summed E-state index contributed by atoms with van der Waals surface area (Å²) in [6, 6.07) is 0.567. The molecule has 0 saturated carbocycles. The van der Waals surface area contributed by atoms with Crippen molar-refractivity contribution < 1.29 is 13.2 Å². The molecule has 0 bridgehead atoms. The lowest BCUT2D eigenvalue weighted by molar-refractivity contribution is -0.141. The monoisotopic (exact) mass is 271 g/mol. The van der Waals surface area contributed by atoms with Gasteiger partial charge >= 0.3 is 6.18 Å².